The normalized spacial score (nSPS) is 10.5. The monoisotopic (exact) mass is 415 g/mol. The van der Waals surface area contributed by atoms with Crippen molar-refractivity contribution in [2.24, 2.45) is 0 Å². The van der Waals surface area contributed by atoms with E-state index in [2.05, 4.69) is 21.2 Å². The number of hydrogen-bond donors (Lipinski definition) is 1. The highest BCUT2D eigenvalue weighted by Gasteiger charge is 2.06. The van der Waals surface area contributed by atoms with Crippen LogP contribution in [0.15, 0.2) is 28.7 Å². The van der Waals surface area contributed by atoms with E-state index in [1.807, 2.05) is 0 Å². The van der Waals surface area contributed by atoms with Gasteiger partial charge in [-0.1, -0.05) is 15.9 Å². The fourth-order valence-corrected chi connectivity index (χ4v) is 2.11. The lowest BCUT2D eigenvalue weighted by Crippen LogP contribution is -2.29. The molecule has 0 aliphatic rings. The summed E-state index contributed by atoms with van der Waals surface area (Å²) in [5.41, 5.74) is 0.217. The third-order valence-corrected chi connectivity index (χ3v) is 3.38. The lowest BCUT2D eigenvalue weighted by atomic mass is 10.2. The van der Waals surface area contributed by atoms with Gasteiger partial charge in [0.05, 0.1) is 6.61 Å². The van der Waals surface area contributed by atoms with E-state index in [1.54, 1.807) is 6.92 Å². The van der Waals surface area contributed by atoms with Crippen molar-refractivity contribution in [3.05, 3.63) is 40.1 Å². The molecule has 1 N–H and O–H groups in total. The number of benzene rings is 1. The minimum Gasteiger partial charge on any atom is -0.466 e. The van der Waals surface area contributed by atoms with E-state index in [4.69, 9.17) is 9.47 Å². The molecular weight excluding hydrogens is 397 g/mol. The highest BCUT2D eigenvalue weighted by atomic mass is 79.9. The molecule has 0 fully saturated rings. The molecule has 1 aromatic rings. The van der Waals surface area contributed by atoms with Crippen molar-refractivity contribution in [3.8, 4) is 0 Å². The van der Waals surface area contributed by atoms with Gasteiger partial charge in [0.25, 0.3) is 5.91 Å². The Bertz CT molecular complexity index is 648. The Balaban J connectivity index is 2.27. The highest BCUT2D eigenvalue weighted by molar-refractivity contribution is 9.10. The quantitative estimate of drug-likeness (QED) is 0.380. The zero-order valence-electron chi connectivity index (χ0n) is 13.7. The Labute approximate surface area is 153 Å². The van der Waals surface area contributed by atoms with Crippen molar-refractivity contribution in [1.29, 1.82) is 0 Å². The van der Waals surface area contributed by atoms with Crippen molar-refractivity contribution >= 4 is 39.9 Å². The van der Waals surface area contributed by atoms with Crippen molar-refractivity contribution in [1.82, 2.24) is 5.32 Å². The summed E-state index contributed by atoms with van der Waals surface area (Å²) in [6, 6.07) is 4.31. The van der Waals surface area contributed by atoms with Gasteiger partial charge in [-0.2, -0.15) is 0 Å². The van der Waals surface area contributed by atoms with E-state index in [1.165, 1.54) is 24.3 Å². The molecule has 0 radical (unpaired) electrons. The number of esters is 2. The summed E-state index contributed by atoms with van der Waals surface area (Å²) in [4.78, 5) is 34.1. The topological polar surface area (TPSA) is 81.7 Å². The van der Waals surface area contributed by atoms with Gasteiger partial charge in [-0.15, -0.1) is 0 Å². The van der Waals surface area contributed by atoms with E-state index in [-0.39, 0.29) is 24.5 Å². The number of carbonyl (C=O) groups is 3. The maximum Gasteiger partial charge on any atom is 0.331 e. The average molecular weight is 416 g/mol. The fourth-order valence-electron chi connectivity index (χ4n) is 1.73. The number of carbonyl (C=O) groups excluding carboxylic acids is 3. The number of rotatable bonds is 9. The first-order valence-electron chi connectivity index (χ1n) is 7.64. The van der Waals surface area contributed by atoms with Gasteiger partial charge >= 0.3 is 11.9 Å². The molecule has 0 aliphatic heterocycles. The van der Waals surface area contributed by atoms with Gasteiger partial charge in [-0.05, 0) is 37.6 Å². The molecule has 136 valence electrons. The van der Waals surface area contributed by atoms with Crippen LogP contribution < -0.4 is 5.32 Å². The molecule has 1 rings (SSSR count). The Kier molecular flexibility index (Phi) is 9.46. The third kappa shape index (κ3) is 8.99. The molecule has 0 spiro atoms. The molecule has 6 nitrogen and oxygen atoms in total. The molecule has 1 aromatic carbocycles. The largest absolute Gasteiger partial charge is 0.466 e. The van der Waals surface area contributed by atoms with Crippen molar-refractivity contribution in [2.75, 3.05) is 19.8 Å². The van der Waals surface area contributed by atoms with Crippen molar-refractivity contribution in [2.45, 2.75) is 19.8 Å². The summed E-state index contributed by atoms with van der Waals surface area (Å²) in [6.45, 7) is 1.85. The number of ether oxygens (including phenoxy) is 2. The van der Waals surface area contributed by atoms with Gasteiger partial charge in [0.15, 0.2) is 6.61 Å². The lowest BCUT2D eigenvalue weighted by Gasteiger charge is -2.05. The summed E-state index contributed by atoms with van der Waals surface area (Å²) in [6.07, 6.45) is 2.94. The summed E-state index contributed by atoms with van der Waals surface area (Å²) in [7, 11) is 0. The average Bonchev–Trinajstić information content (AvgIpc) is 2.58. The molecule has 0 saturated carbocycles. The van der Waals surface area contributed by atoms with E-state index in [0.29, 0.717) is 17.5 Å². The minimum atomic E-state index is -0.763. The van der Waals surface area contributed by atoms with E-state index in [0.717, 1.165) is 6.08 Å². The van der Waals surface area contributed by atoms with E-state index in [9.17, 15) is 18.8 Å². The van der Waals surface area contributed by atoms with E-state index >= 15 is 0 Å². The first-order valence-corrected chi connectivity index (χ1v) is 8.44. The van der Waals surface area contributed by atoms with Gasteiger partial charge in [0.1, 0.15) is 5.82 Å². The number of nitrogens with one attached hydrogen (secondary N) is 1. The van der Waals surface area contributed by atoms with Crippen LogP contribution in [0, 0.1) is 5.82 Å². The van der Waals surface area contributed by atoms with Crippen LogP contribution in [0.4, 0.5) is 4.39 Å². The molecule has 1 amide bonds. The van der Waals surface area contributed by atoms with Crippen LogP contribution in [-0.2, 0) is 23.9 Å². The third-order valence-electron chi connectivity index (χ3n) is 2.89. The Hall–Kier alpha value is -2.22. The summed E-state index contributed by atoms with van der Waals surface area (Å²) in [5, 5.41) is 2.51. The molecule has 25 heavy (non-hydrogen) atoms. The van der Waals surface area contributed by atoms with E-state index < -0.39 is 24.3 Å². The summed E-state index contributed by atoms with van der Waals surface area (Å²) in [5.74, 6) is -2.06. The van der Waals surface area contributed by atoms with Gasteiger partial charge in [-0.3, -0.25) is 9.59 Å². The van der Waals surface area contributed by atoms with Gasteiger partial charge in [0, 0.05) is 29.1 Å². The second-order valence-corrected chi connectivity index (χ2v) is 5.78. The predicted octanol–water partition coefficient (Wildman–Crippen LogP) is 2.60. The standard InChI is InChI=1S/C17H19BrFNO5/c1-2-24-16(22)4-3-9-20-15(21)11-25-17(23)8-5-12-10-13(18)6-7-14(12)19/h5-8,10H,2-4,9,11H2,1H3,(H,20,21)/b8-5+. The van der Waals surface area contributed by atoms with Crippen LogP contribution in [0.25, 0.3) is 6.08 Å². The maximum atomic E-state index is 13.5. The molecule has 0 aromatic heterocycles. The molecular formula is C17H19BrFNO5. The van der Waals surface area contributed by atoms with Gasteiger partial charge in [-0.25, -0.2) is 9.18 Å². The second kappa shape index (κ2) is 11.4. The Morgan fingerprint density at radius 3 is 2.76 bits per heavy atom. The second-order valence-electron chi connectivity index (χ2n) is 4.87. The number of halogens is 2. The highest BCUT2D eigenvalue weighted by Crippen LogP contribution is 2.16. The van der Waals surface area contributed by atoms with Crippen LogP contribution in [0.1, 0.15) is 25.3 Å². The molecule has 0 heterocycles. The lowest BCUT2D eigenvalue weighted by molar-refractivity contribution is -0.143. The van der Waals surface area contributed by atoms with Crippen molar-refractivity contribution in [3.63, 3.8) is 0 Å². The molecule has 0 unspecified atom stereocenters. The summed E-state index contributed by atoms with van der Waals surface area (Å²) < 4.78 is 23.7. The smallest absolute Gasteiger partial charge is 0.331 e. The minimum absolute atomic E-state index is 0.203. The molecule has 8 heteroatoms. The molecule has 0 aliphatic carbocycles. The molecule has 0 atom stereocenters. The van der Waals surface area contributed by atoms with Crippen molar-refractivity contribution < 1.29 is 28.2 Å². The zero-order valence-corrected chi connectivity index (χ0v) is 15.3. The zero-order chi connectivity index (χ0) is 18.7. The maximum absolute atomic E-state index is 13.5. The first kappa shape index (κ1) is 20.8. The van der Waals surface area contributed by atoms with Gasteiger partial charge < -0.3 is 14.8 Å². The Morgan fingerprint density at radius 2 is 2.04 bits per heavy atom. The number of amides is 1. The van der Waals surface area contributed by atoms with Crippen LogP contribution >= 0.6 is 15.9 Å². The predicted molar refractivity (Wildman–Crippen MR) is 93.0 cm³/mol. The number of hydrogen-bond acceptors (Lipinski definition) is 5. The molecule has 0 saturated heterocycles. The van der Waals surface area contributed by atoms with Crippen LogP contribution in [0.5, 0.6) is 0 Å². The first-order chi connectivity index (χ1) is 11.9. The summed E-state index contributed by atoms with van der Waals surface area (Å²) >= 11 is 3.20. The molecule has 0 bridgehead atoms. The SMILES string of the molecule is CCOC(=O)CCCNC(=O)COC(=O)/C=C/c1cc(Br)ccc1F. The van der Waals surface area contributed by atoms with Crippen LogP contribution in [0.3, 0.4) is 0 Å². The van der Waals surface area contributed by atoms with Crippen LogP contribution in [0.2, 0.25) is 0 Å². The van der Waals surface area contributed by atoms with Crippen LogP contribution in [-0.4, -0.2) is 37.6 Å². The fraction of sp³-hybridized carbons (Fsp3) is 0.353. The Morgan fingerprint density at radius 1 is 1.28 bits per heavy atom. The van der Waals surface area contributed by atoms with Gasteiger partial charge in [0.2, 0.25) is 0 Å².